The van der Waals surface area contributed by atoms with Crippen LogP contribution in [0.4, 0.5) is 5.82 Å². The van der Waals surface area contributed by atoms with Gasteiger partial charge < -0.3 is 15.1 Å². The Morgan fingerprint density at radius 3 is 2.41 bits per heavy atom. The Morgan fingerprint density at radius 1 is 1.09 bits per heavy atom. The second kappa shape index (κ2) is 11.3. The van der Waals surface area contributed by atoms with Crippen molar-refractivity contribution in [3.63, 3.8) is 0 Å². The molecule has 0 bridgehead atoms. The maximum atomic E-state index is 10.9. The Balaban J connectivity index is 0.000000398. The lowest BCUT2D eigenvalue weighted by Gasteiger charge is -2.33. The molecule has 1 N–H and O–H groups in total. The number of nitrogens with zero attached hydrogens (tertiary/aromatic N) is 6. The minimum atomic E-state index is -0.127. The number of carbonyl (C=O) groups excluding carboxylic acids is 1. The first-order chi connectivity index (χ1) is 16.5. The van der Waals surface area contributed by atoms with Crippen molar-refractivity contribution in [3.05, 3.63) is 45.7 Å². The predicted octanol–water partition coefficient (Wildman–Crippen LogP) is 4.09. The van der Waals surface area contributed by atoms with Gasteiger partial charge in [-0.15, -0.1) is 0 Å². The number of hydrogen-bond donors (Lipinski definition) is 1. The molecule has 8 nitrogen and oxygen atoms in total. The number of nitrogens with one attached hydrogen (secondary N) is 1. The van der Waals surface area contributed by atoms with Gasteiger partial charge in [-0.05, 0) is 57.5 Å². The summed E-state index contributed by atoms with van der Waals surface area (Å²) in [7, 11) is 0. The number of halogens is 2. The van der Waals surface area contributed by atoms with Gasteiger partial charge in [0.2, 0.25) is 6.41 Å². The second-order valence-corrected chi connectivity index (χ2v) is 9.55. The summed E-state index contributed by atoms with van der Waals surface area (Å²) in [4.78, 5) is 24.3. The standard InChI is InChI=1S/C19H20Cl2N6O.C5H11N/c1-12-18-19(23-17(10-22-18)26-7-5-25(11-28)6-8-26)27(24-12)13(2)15-4-3-14(20)9-16(15)21;1-2-4-6-5-3-1/h3-4,9-11,13H,5-8H2,1-2H3;6H,1-5H2/t13-;/m1./s1. The smallest absolute Gasteiger partial charge is 0.209 e. The highest BCUT2D eigenvalue weighted by Gasteiger charge is 2.22. The molecule has 182 valence electrons. The summed E-state index contributed by atoms with van der Waals surface area (Å²) in [6.45, 7) is 9.26. The van der Waals surface area contributed by atoms with E-state index < -0.39 is 0 Å². The van der Waals surface area contributed by atoms with Crippen LogP contribution in [0.25, 0.3) is 11.2 Å². The Morgan fingerprint density at radius 2 is 1.82 bits per heavy atom. The molecule has 2 fully saturated rings. The van der Waals surface area contributed by atoms with E-state index in [0.717, 1.165) is 42.1 Å². The third-order valence-corrected chi connectivity index (χ3v) is 6.90. The molecule has 2 aliphatic rings. The molecule has 2 aliphatic heterocycles. The molecular formula is C24H31Cl2N7O. The molecule has 3 aromatic rings. The molecule has 1 amide bonds. The fourth-order valence-corrected chi connectivity index (χ4v) is 4.86. The van der Waals surface area contributed by atoms with Crippen molar-refractivity contribution in [2.24, 2.45) is 0 Å². The molecule has 0 radical (unpaired) electrons. The summed E-state index contributed by atoms with van der Waals surface area (Å²) >= 11 is 12.4. The highest BCUT2D eigenvalue weighted by molar-refractivity contribution is 6.35. The first-order valence-electron chi connectivity index (χ1n) is 11.8. The summed E-state index contributed by atoms with van der Waals surface area (Å²) in [6, 6.07) is 5.34. The highest BCUT2D eigenvalue weighted by atomic mass is 35.5. The number of carbonyl (C=O) groups is 1. The second-order valence-electron chi connectivity index (χ2n) is 8.71. The van der Waals surface area contributed by atoms with E-state index in [1.54, 1.807) is 17.2 Å². The topological polar surface area (TPSA) is 79.2 Å². The van der Waals surface area contributed by atoms with E-state index >= 15 is 0 Å². The normalized spacial score (nSPS) is 17.3. The van der Waals surface area contributed by atoms with Crippen molar-refractivity contribution in [1.29, 1.82) is 0 Å². The van der Waals surface area contributed by atoms with Gasteiger partial charge in [-0.1, -0.05) is 35.7 Å². The molecule has 34 heavy (non-hydrogen) atoms. The van der Waals surface area contributed by atoms with Gasteiger partial charge in [-0.3, -0.25) is 4.79 Å². The first-order valence-corrected chi connectivity index (χ1v) is 12.6. The molecule has 4 heterocycles. The van der Waals surface area contributed by atoms with Gasteiger partial charge in [0.25, 0.3) is 0 Å². The molecule has 0 aliphatic carbocycles. The van der Waals surface area contributed by atoms with Crippen LogP contribution in [-0.4, -0.2) is 70.3 Å². The number of amides is 1. The minimum absolute atomic E-state index is 0.127. The molecular weight excluding hydrogens is 473 g/mol. The lowest BCUT2D eigenvalue weighted by molar-refractivity contribution is -0.118. The molecule has 0 unspecified atom stereocenters. The van der Waals surface area contributed by atoms with Crippen LogP contribution in [0.5, 0.6) is 0 Å². The van der Waals surface area contributed by atoms with E-state index in [1.807, 2.05) is 30.7 Å². The Hall–Kier alpha value is -2.42. The van der Waals surface area contributed by atoms with Crippen LogP contribution in [0.1, 0.15) is 43.5 Å². The van der Waals surface area contributed by atoms with Crippen LogP contribution >= 0.6 is 23.2 Å². The summed E-state index contributed by atoms with van der Waals surface area (Å²) < 4.78 is 1.86. The fourth-order valence-electron chi connectivity index (χ4n) is 4.29. The molecule has 10 heteroatoms. The van der Waals surface area contributed by atoms with E-state index in [4.69, 9.17) is 28.2 Å². The highest BCUT2D eigenvalue weighted by Crippen LogP contribution is 2.31. The molecule has 2 aromatic heterocycles. The van der Waals surface area contributed by atoms with Crippen LogP contribution in [0.2, 0.25) is 10.0 Å². The summed E-state index contributed by atoms with van der Waals surface area (Å²) in [5.74, 6) is 0.786. The van der Waals surface area contributed by atoms with Gasteiger partial charge in [0, 0.05) is 36.2 Å². The summed E-state index contributed by atoms with van der Waals surface area (Å²) in [5, 5.41) is 9.14. The van der Waals surface area contributed by atoms with Crippen LogP contribution < -0.4 is 10.2 Å². The SMILES string of the molecule is C1CCNCC1.Cc1nn([C@H](C)c2ccc(Cl)cc2Cl)c2nc(N3CCN(C=O)CC3)cnc12. The fraction of sp³-hybridized carbons (Fsp3) is 0.500. The quantitative estimate of drug-likeness (QED) is 0.540. The number of piperidine rings is 1. The Kier molecular flexibility index (Phi) is 8.24. The van der Waals surface area contributed by atoms with Crippen LogP contribution in [0.3, 0.4) is 0 Å². The molecule has 2 saturated heterocycles. The molecule has 1 aromatic carbocycles. The number of anilines is 1. The third kappa shape index (κ3) is 5.62. The van der Waals surface area contributed by atoms with Crippen molar-refractivity contribution in [2.75, 3.05) is 44.2 Å². The molecule has 0 saturated carbocycles. The summed E-state index contributed by atoms with van der Waals surface area (Å²) in [5.41, 5.74) is 3.22. The van der Waals surface area contributed by atoms with Crippen molar-refractivity contribution < 1.29 is 4.79 Å². The average molecular weight is 504 g/mol. The van der Waals surface area contributed by atoms with Crippen molar-refractivity contribution in [2.45, 2.75) is 39.2 Å². The van der Waals surface area contributed by atoms with Crippen LogP contribution in [-0.2, 0) is 4.79 Å². The average Bonchev–Trinajstić information content (AvgIpc) is 3.21. The van der Waals surface area contributed by atoms with Gasteiger partial charge in [0.15, 0.2) is 5.65 Å². The van der Waals surface area contributed by atoms with Gasteiger partial charge in [-0.25, -0.2) is 14.6 Å². The van der Waals surface area contributed by atoms with Crippen molar-refractivity contribution >= 4 is 46.6 Å². The number of hydrogen-bond acceptors (Lipinski definition) is 6. The molecule has 1 atom stereocenters. The zero-order chi connectivity index (χ0) is 24.1. The van der Waals surface area contributed by atoms with Gasteiger partial charge in [-0.2, -0.15) is 5.10 Å². The maximum absolute atomic E-state index is 10.9. The Labute approximate surface area is 210 Å². The number of piperazine rings is 1. The largest absolute Gasteiger partial charge is 0.352 e. The van der Waals surface area contributed by atoms with E-state index in [9.17, 15) is 4.79 Å². The van der Waals surface area contributed by atoms with E-state index in [0.29, 0.717) is 28.8 Å². The van der Waals surface area contributed by atoms with E-state index in [-0.39, 0.29) is 6.04 Å². The lowest BCUT2D eigenvalue weighted by atomic mass is 10.1. The first kappa shape index (κ1) is 24.7. The lowest BCUT2D eigenvalue weighted by Crippen LogP contribution is -2.46. The zero-order valence-corrected chi connectivity index (χ0v) is 21.2. The number of aryl methyl sites for hydroxylation is 1. The summed E-state index contributed by atoms with van der Waals surface area (Å²) in [6.07, 6.45) is 6.88. The van der Waals surface area contributed by atoms with Crippen molar-refractivity contribution in [1.82, 2.24) is 30.0 Å². The number of benzene rings is 1. The van der Waals surface area contributed by atoms with Gasteiger partial charge in [0.1, 0.15) is 11.3 Å². The van der Waals surface area contributed by atoms with Crippen molar-refractivity contribution in [3.8, 4) is 0 Å². The van der Waals surface area contributed by atoms with Gasteiger partial charge in [0.05, 0.1) is 17.9 Å². The van der Waals surface area contributed by atoms with Crippen LogP contribution in [0, 0.1) is 6.92 Å². The number of rotatable bonds is 4. The maximum Gasteiger partial charge on any atom is 0.209 e. The zero-order valence-electron chi connectivity index (χ0n) is 19.7. The molecule has 0 spiro atoms. The molecule has 5 rings (SSSR count). The predicted molar refractivity (Wildman–Crippen MR) is 137 cm³/mol. The minimum Gasteiger partial charge on any atom is -0.352 e. The van der Waals surface area contributed by atoms with E-state index in [2.05, 4.69) is 20.3 Å². The van der Waals surface area contributed by atoms with Gasteiger partial charge >= 0.3 is 0 Å². The Bertz CT molecular complexity index is 1110. The monoisotopic (exact) mass is 503 g/mol. The third-order valence-electron chi connectivity index (χ3n) is 6.33. The van der Waals surface area contributed by atoms with E-state index in [1.165, 1.54) is 32.4 Å². The number of fused-ring (bicyclic) bond motifs is 1. The van der Waals surface area contributed by atoms with Crippen LogP contribution in [0.15, 0.2) is 24.4 Å². The number of aromatic nitrogens is 4.